The van der Waals surface area contributed by atoms with Crippen LogP contribution < -0.4 is 0 Å². The lowest BCUT2D eigenvalue weighted by molar-refractivity contribution is -0.436. The van der Waals surface area contributed by atoms with Crippen LogP contribution in [0.1, 0.15) is 44.9 Å². The Kier molecular flexibility index (Phi) is 9.97. The van der Waals surface area contributed by atoms with Crippen molar-refractivity contribution in [1.82, 2.24) is 0 Å². The van der Waals surface area contributed by atoms with Crippen LogP contribution in [0.5, 0.6) is 0 Å². The zero-order valence-electron chi connectivity index (χ0n) is 17.1. The summed E-state index contributed by atoms with van der Waals surface area (Å²) in [5, 5.41) is 0. The number of hydrogen-bond acceptors (Lipinski definition) is 1. The number of alkyl halides is 17. The maximum Gasteiger partial charge on any atom is 0.413 e. The first-order valence-corrected chi connectivity index (χ1v) is 10.8. The van der Waals surface area contributed by atoms with Crippen molar-refractivity contribution in [3.8, 4) is 0 Å². The third-order valence-electron chi connectivity index (χ3n) is 4.73. The highest BCUT2D eigenvalue weighted by atomic mass is 31.2. The zero-order valence-corrected chi connectivity index (χ0v) is 18.0. The Morgan fingerprint density at radius 3 is 1.11 bits per heavy atom. The third-order valence-corrected chi connectivity index (χ3v) is 5.74. The lowest BCUT2D eigenvalue weighted by Crippen LogP contribution is -2.72. The average molecular weight is 598 g/mol. The standard InChI is InChI=1S/C15H16F17O3P/c16-8(17,6-4-2-1-3-5-7-9(18,19)20)10(21,22)11(23,24)12(25,26)13(27,28)14(29,30)15(31,32)36(33,34)35/h1-7H2,(H2,33,34,35). The molecule has 3 nitrogen and oxygen atoms in total. The smallest absolute Gasteiger partial charge is 0.320 e. The van der Waals surface area contributed by atoms with E-state index in [1.807, 2.05) is 0 Å². The first-order valence-electron chi connectivity index (χ1n) is 9.23. The molecular weight excluding hydrogens is 582 g/mol. The predicted octanol–water partition coefficient (Wildman–Crippen LogP) is 7.86. The van der Waals surface area contributed by atoms with E-state index in [0.29, 0.717) is 0 Å². The van der Waals surface area contributed by atoms with Crippen LogP contribution in [0, 0.1) is 0 Å². The maximum atomic E-state index is 13.7. The van der Waals surface area contributed by atoms with E-state index in [1.54, 1.807) is 0 Å². The van der Waals surface area contributed by atoms with Gasteiger partial charge in [-0.2, -0.15) is 74.6 Å². The second-order valence-electron chi connectivity index (χ2n) is 7.54. The van der Waals surface area contributed by atoms with Crippen molar-refractivity contribution >= 4 is 7.60 Å². The van der Waals surface area contributed by atoms with Crippen molar-refractivity contribution < 1.29 is 89.0 Å². The number of halogens is 17. The minimum Gasteiger partial charge on any atom is -0.320 e. The van der Waals surface area contributed by atoms with Crippen molar-refractivity contribution in [2.75, 3.05) is 0 Å². The molecule has 21 heteroatoms. The van der Waals surface area contributed by atoms with Crippen LogP contribution in [0.4, 0.5) is 74.6 Å². The van der Waals surface area contributed by atoms with Crippen LogP contribution >= 0.6 is 7.60 Å². The Bertz CT molecular complexity index is 787. The summed E-state index contributed by atoms with van der Waals surface area (Å²) in [5.74, 6) is -47.3. The highest BCUT2D eigenvalue weighted by Gasteiger charge is 2.94. The van der Waals surface area contributed by atoms with Gasteiger partial charge >= 0.3 is 55.0 Å². The summed E-state index contributed by atoms with van der Waals surface area (Å²) in [7, 11) is -7.86. The van der Waals surface area contributed by atoms with E-state index in [9.17, 15) is 79.2 Å². The normalized spacial score (nSPS) is 16.0. The second kappa shape index (κ2) is 10.3. The average Bonchev–Trinajstić information content (AvgIpc) is 2.64. The summed E-state index contributed by atoms with van der Waals surface area (Å²) < 4.78 is 235. The minimum absolute atomic E-state index is 0.342. The SMILES string of the molecule is O=P(O)(O)C(F)(F)C(F)(F)C(F)(F)C(F)(F)C(F)(F)C(F)(F)C(F)(F)CCCCCCCC(F)(F)F. The fourth-order valence-electron chi connectivity index (χ4n) is 2.55. The van der Waals surface area contributed by atoms with Crippen LogP contribution in [-0.2, 0) is 4.57 Å². The molecule has 0 bridgehead atoms. The summed E-state index contributed by atoms with van der Waals surface area (Å²) >= 11 is 0. The Morgan fingerprint density at radius 2 is 0.750 bits per heavy atom. The first-order chi connectivity index (χ1) is 15.5. The summed E-state index contributed by atoms with van der Waals surface area (Å²) in [6.45, 7) is 0. The topological polar surface area (TPSA) is 57.5 Å². The molecule has 0 saturated heterocycles. The molecule has 218 valence electrons. The van der Waals surface area contributed by atoms with Crippen molar-refractivity contribution in [2.24, 2.45) is 0 Å². The van der Waals surface area contributed by atoms with Gasteiger partial charge in [-0.1, -0.05) is 19.3 Å². The molecule has 0 rings (SSSR count). The Balaban J connectivity index is 5.83. The van der Waals surface area contributed by atoms with Gasteiger partial charge in [-0.05, 0) is 12.8 Å². The molecule has 36 heavy (non-hydrogen) atoms. The molecule has 0 spiro atoms. The molecule has 0 aromatic heterocycles. The largest absolute Gasteiger partial charge is 0.413 e. The molecule has 0 amide bonds. The van der Waals surface area contributed by atoms with Gasteiger partial charge in [0, 0.05) is 12.8 Å². The van der Waals surface area contributed by atoms with E-state index in [4.69, 9.17) is 9.79 Å². The maximum absolute atomic E-state index is 13.7. The fraction of sp³-hybridized carbons (Fsp3) is 1.00. The van der Waals surface area contributed by atoms with Crippen molar-refractivity contribution in [3.05, 3.63) is 0 Å². The third kappa shape index (κ3) is 6.15. The van der Waals surface area contributed by atoms with Crippen molar-refractivity contribution in [2.45, 2.75) is 92.3 Å². The molecule has 0 radical (unpaired) electrons. The van der Waals surface area contributed by atoms with E-state index in [-0.39, 0.29) is 6.42 Å². The molecule has 0 unspecified atom stereocenters. The zero-order chi connectivity index (χ0) is 29.4. The van der Waals surface area contributed by atoms with E-state index in [0.717, 1.165) is 0 Å². The van der Waals surface area contributed by atoms with Crippen molar-refractivity contribution in [1.29, 1.82) is 0 Å². The van der Waals surface area contributed by atoms with Gasteiger partial charge in [0.2, 0.25) is 0 Å². The first kappa shape index (κ1) is 35.0. The van der Waals surface area contributed by atoms with Gasteiger partial charge in [-0.25, -0.2) is 0 Å². The summed E-state index contributed by atoms with van der Waals surface area (Å²) in [4.78, 5) is 16.0. The van der Waals surface area contributed by atoms with E-state index in [2.05, 4.69) is 0 Å². The quantitative estimate of drug-likeness (QED) is 0.122. The van der Waals surface area contributed by atoms with E-state index >= 15 is 0 Å². The van der Waals surface area contributed by atoms with E-state index in [1.165, 1.54) is 0 Å². The highest BCUT2D eigenvalue weighted by Crippen LogP contribution is 2.68. The van der Waals surface area contributed by atoms with Crippen LogP contribution in [0.2, 0.25) is 0 Å². The van der Waals surface area contributed by atoms with Crippen LogP contribution in [-0.4, -0.2) is 57.2 Å². The minimum atomic E-state index is -8.45. The lowest BCUT2D eigenvalue weighted by Gasteiger charge is -2.42. The van der Waals surface area contributed by atoms with Gasteiger partial charge in [0.05, 0.1) is 0 Å². The Hall–Kier alpha value is -1.04. The molecule has 0 aromatic carbocycles. The van der Waals surface area contributed by atoms with Crippen LogP contribution in [0.15, 0.2) is 0 Å². The molecule has 0 heterocycles. The summed E-state index contributed by atoms with van der Waals surface area (Å²) in [5.41, 5.74) is -7.55. The molecule has 2 N–H and O–H groups in total. The van der Waals surface area contributed by atoms with Gasteiger partial charge in [-0.3, -0.25) is 4.57 Å². The van der Waals surface area contributed by atoms with Crippen LogP contribution in [0.3, 0.4) is 0 Å². The van der Waals surface area contributed by atoms with Crippen molar-refractivity contribution in [3.63, 3.8) is 0 Å². The summed E-state index contributed by atoms with van der Waals surface area (Å²) in [6, 6.07) is 0. The Morgan fingerprint density at radius 1 is 0.444 bits per heavy atom. The van der Waals surface area contributed by atoms with Crippen LogP contribution in [0.25, 0.3) is 0 Å². The summed E-state index contributed by atoms with van der Waals surface area (Å²) in [6.07, 6.45) is -11.7. The van der Waals surface area contributed by atoms with Gasteiger partial charge in [-0.15, -0.1) is 0 Å². The number of hydrogen-bond donors (Lipinski definition) is 2. The number of rotatable bonds is 14. The molecular formula is C15H16F17O3P. The monoisotopic (exact) mass is 598 g/mol. The molecule has 0 saturated carbocycles. The number of unbranched alkanes of at least 4 members (excludes halogenated alkanes) is 4. The molecule has 0 atom stereocenters. The fourth-order valence-corrected chi connectivity index (χ4v) is 3.06. The molecule has 0 aliphatic heterocycles. The highest BCUT2D eigenvalue weighted by molar-refractivity contribution is 7.53. The molecule has 0 aliphatic carbocycles. The van der Waals surface area contributed by atoms with Gasteiger partial charge in [0.1, 0.15) is 0 Å². The molecule has 0 aliphatic rings. The second-order valence-corrected chi connectivity index (χ2v) is 9.19. The Labute approximate surface area is 190 Å². The van der Waals surface area contributed by atoms with Gasteiger partial charge in [0.15, 0.2) is 0 Å². The molecule has 0 aromatic rings. The predicted molar refractivity (Wildman–Crippen MR) is 85.0 cm³/mol. The molecule has 0 fully saturated rings. The lowest BCUT2D eigenvalue weighted by atomic mass is 9.89. The van der Waals surface area contributed by atoms with Gasteiger partial charge < -0.3 is 9.79 Å². The van der Waals surface area contributed by atoms with Gasteiger partial charge in [0.25, 0.3) is 0 Å². The van der Waals surface area contributed by atoms with E-state index < -0.39 is 93.5 Å².